The number of nitrogens with zero attached hydrogens (tertiary/aromatic N) is 1. The minimum atomic E-state index is 0.584. The zero-order chi connectivity index (χ0) is 14.5. The van der Waals surface area contributed by atoms with Crippen LogP contribution < -0.4 is 5.32 Å². The van der Waals surface area contributed by atoms with Crippen molar-refractivity contribution in [2.24, 2.45) is 5.92 Å². The Balaban J connectivity index is 1.42. The highest BCUT2D eigenvalue weighted by atomic mass is 16.5. The molecular weight excluding hydrogens is 260 g/mol. The van der Waals surface area contributed by atoms with Crippen molar-refractivity contribution in [1.82, 2.24) is 10.2 Å². The third-order valence-corrected chi connectivity index (χ3v) is 4.82. The van der Waals surface area contributed by atoms with E-state index in [0.717, 1.165) is 19.1 Å². The Kier molecular flexibility index (Phi) is 5.28. The van der Waals surface area contributed by atoms with Crippen LogP contribution in [-0.2, 0) is 11.3 Å². The van der Waals surface area contributed by atoms with Crippen LogP contribution in [0.1, 0.15) is 31.2 Å². The standard InChI is InChI=1S/C18H28N2O/c1-21-14-18(16-7-8-16)19-17-9-11-20(12-10-17)13-15-5-3-2-4-6-15/h2-6,16-19H,7-14H2,1H3. The zero-order valence-corrected chi connectivity index (χ0v) is 13.1. The largest absolute Gasteiger partial charge is 0.383 e. The van der Waals surface area contributed by atoms with Gasteiger partial charge >= 0.3 is 0 Å². The van der Waals surface area contributed by atoms with Gasteiger partial charge in [0.05, 0.1) is 6.61 Å². The summed E-state index contributed by atoms with van der Waals surface area (Å²) in [6.07, 6.45) is 5.29. The predicted molar refractivity (Wildman–Crippen MR) is 86.3 cm³/mol. The fourth-order valence-electron chi connectivity index (χ4n) is 3.40. The third kappa shape index (κ3) is 4.53. The molecule has 0 spiro atoms. The van der Waals surface area contributed by atoms with Crippen LogP contribution in [0.2, 0.25) is 0 Å². The molecule has 1 heterocycles. The molecule has 21 heavy (non-hydrogen) atoms. The van der Waals surface area contributed by atoms with E-state index in [1.165, 1.54) is 44.3 Å². The van der Waals surface area contributed by atoms with E-state index in [0.29, 0.717) is 12.1 Å². The molecule has 1 aliphatic heterocycles. The van der Waals surface area contributed by atoms with E-state index >= 15 is 0 Å². The fourth-order valence-corrected chi connectivity index (χ4v) is 3.40. The van der Waals surface area contributed by atoms with Crippen LogP contribution in [-0.4, -0.2) is 43.8 Å². The topological polar surface area (TPSA) is 24.5 Å². The number of nitrogens with one attached hydrogen (secondary N) is 1. The molecule has 0 radical (unpaired) electrons. The first-order valence-corrected chi connectivity index (χ1v) is 8.36. The molecule has 1 atom stereocenters. The number of piperidine rings is 1. The van der Waals surface area contributed by atoms with Gasteiger partial charge in [0.25, 0.3) is 0 Å². The number of methoxy groups -OCH3 is 1. The fraction of sp³-hybridized carbons (Fsp3) is 0.667. The highest BCUT2D eigenvalue weighted by molar-refractivity contribution is 5.14. The molecule has 1 aliphatic carbocycles. The molecule has 116 valence electrons. The molecule has 3 nitrogen and oxygen atoms in total. The molecule has 3 heteroatoms. The average molecular weight is 288 g/mol. The van der Waals surface area contributed by atoms with Gasteiger partial charge in [-0.05, 0) is 50.3 Å². The summed E-state index contributed by atoms with van der Waals surface area (Å²) in [5, 5.41) is 3.85. The van der Waals surface area contributed by atoms with E-state index in [-0.39, 0.29) is 0 Å². The number of hydrogen-bond donors (Lipinski definition) is 1. The average Bonchev–Trinajstić information content (AvgIpc) is 3.35. The number of hydrogen-bond acceptors (Lipinski definition) is 3. The van der Waals surface area contributed by atoms with Gasteiger partial charge in [-0.15, -0.1) is 0 Å². The molecule has 0 amide bonds. The summed E-state index contributed by atoms with van der Waals surface area (Å²) in [6.45, 7) is 4.38. The maximum absolute atomic E-state index is 5.37. The Morgan fingerprint density at radius 3 is 2.48 bits per heavy atom. The second kappa shape index (κ2) is 7.39. The molecule has 1 aromatic rings. The van der Waals surface area contributed by atoms with Crippen LogP contribution >= 0.6 is 0 Å². The smallest absolute Gasteiger partial charge is 0.0618 e. The maximum Gasteiger partial charge on any atom is 0.0618 e. The first-order valence-electron chi connectivity index (χ1n) is 8.36. The molecule has 3 rings (SSSR count). The Morgan fingerprint density at radius 1 is 1.14 bits per heavy atom. The van der Waals surface area contributed by atoms with Gasteiger partial charge in [0, 0.05) is 25.7 Å². The zero-order valence-electron chi connectivity index (χ0n) is 13.1. The summed E-state index contributed by atoms with van der Waals surface area (Å²) in [5.74, 6) is 0.868. The molecule has 1 unspecified atom stereocenters. The van der Waals surface area contributed by atoms with E-state index < -0.39 is 0 Å². The van der Waals surface area contributed by atoms with Gasteiger partial charge in [-0.1, -0.05) is 30.3 Å². The summed E-state index contributed by atoms with van der Waals surface area (Å²) < 4.78 is 5.37. The maximum atomic E-state index is 5.37. The number of benzene rings is 1. The lowest BCUT2D eigenvalue weighted by Gasteiger charge is -2.34. The van der Waals surface area contributed by atoms with Crippen LogP contribution in [0.3, 0.4) is 0 Å². The molecule has 1 saturated carbocycles. The Hall–Kier alpha value is -0.900. The summed E-state index contributed by atoms with van der Waals surface area (Å²) in [5.41, 5.74) is 1.43. The van der Waals surface area contributed by atoms with E-state index in [4.69, 9.17) is 4.74 Å². The van der Waals surface area contributed by atoms with Crippen molar-refractivity contribution in [2.75, 3.05) is 26.8 Å². The number of likely N-dealkylation sites (tertiary alicyclic amines) is 1. The summed E-state index contributed by atoms with van der Waals surface area (Å²) in [4.78, 5) is 2.58. The van der Waals surface area contributed by atoms with E-state index in [9.17, 15) is 0 Å². The lowest BCUT2D eigenvalue weighted by atomic mass is 10.0. The molecule has 2 aliphatic rings. The van der Waals surface area contributed by atoms with Gasteiger partial charge in [-0.3, -0.25) is 4.90 Å². The van der Waals surface area contributed by atoms with Crippen molar-refractivity contribution >= 4 is 0 Å². The summed E-state index contributed by atoms with van der Waals surface area (Å²) in [6, 6.07) is 12.1. The third-order valence-electron chi connectivity index (χ3n) is 4.82. The number of rotatable bonds is 7. The van der Waals surface area contributed by atoms with Crippen LogP contribution in [0.5, 0.6) is 0 Å². The van der Waals surface area contributed by atoms with Crippen LogP contribution in [0, 0.1) is 5.92 Å². The Morgan fingerprint density at radius 2 is 1.86 bits per heavy atom. The first kappa shape index (κ1) is 15.0. The predicted octanol–water partition coefficient (Wildman–Crippen LogP) is 2.67. The van der Waals surface area contributed by atoms with Crippen molar-refractivity contribution < 1.29 is 4.74 Å². The van der Waals surface area contributed by atoms with Crippen molar-refractivity contribution in [3.63, 3.8) is 0 Å². The van der Waals surface area contributed by atoms with Crippen molar-refractivity contribution in [1.29, 1.82) is 0 Å². The molecule has 0 aromatic heterocycles. The van der Waals surface area contributed by atoms with Crippen molar-refractivity contribution in [2.45, 2.75) is 44.3 Å². The highest BCUT2D eigenvalue weighted by Gasteiger charge is 2.33. The molecule has 2 fully saturated rings. The SMILES string of the molecule is COCC(NC1CCN(Cc2ccccc2)CC1)C1CC1. The minimum absolute atomic E-state index is 0.584. The molecule has 1 saturated heterocycles. The van der Waals surface area contributed by atoms with Gasteiger partial charge in [-0.25, -0.2) is 0 Å². The highest BCUT2D eigenvalue weighted by Crippen LogP contribution is 2.33. The van der Waals surface area contributed by atoms with E-state index in [1.807, 2.05) is 7.11 Å². The summed E-state index contributed by atoms with van der Waals surface area (Å²) in [7, 11) is 1.82. The van der Waals surface area contributed by atoms with E-state index in [1.54, 1.807) is 0 Å². The van der Waals surface area contributed by atoms with Crippen molar-refractivity contribution in [3.8, 4) is 0 Å². The minimum Gasteiger partial charge on any atom is -0.383 e. The van der Waals surface area contributed by atoms with Crippen LogP contribution in [0.25, 0.3) is 0 Å². The second-order valence-corrected chi connectivity index (χ2v) is 6.60. The van der Waals surface area contributed by atoms with Gasteiger partial charge < -0.3 is 10.1 Å². The van der Waals surface area contributed by atoms with E-state index in [2.05, 4.69) is 40.5 Å². The van der Waals surface area contributed by atoms with Gasteiger partial charge in [0.1, 0.15) is 0 Å². The van der Waals surface area contributed by atoms with Crippen LogP contribution in [0.4, 0.5) is 0 Å². The second-order valence-electron chi connectivity index (χ2n) is 6.60. The quantitative estimate of drug-likeness (QED) is 0.835. The van der Waals surface area contributed by atoms with Crippen molar-refractivity contribution in [3.05, 3.63) is 35.9 Å². The van der Waals surface area contributed by atoms with Gasteiger partial charge in [-0.2, -0.15) is 0 Å². The molecule has 1 N–H and O–H groups in total. The number of ether oxygens (including phenoxy) is 1. The van der Waals surface area contributed by atoms with Gasteiger partial charge in [0.2, 0.25) is 0 Å². The van der Waals surface area contributed by atoms with Crippen LogP contribution in [0.15, 0.2) is 30.3 Å². The monoisotopic (exact) mass is 288 g/mol. The normalized spacial score (nSPS) is 22.3. The lowest BCUT2D eigenvalue weighted by molar-refractivity contribution is 0.132. The summed E-state index contributed by atoms with van der Waals surface area (Å²) >= 11 is 0. The van der Waals surface area contributed by atoms with Gasteiger partial charge in [0.15, 0.2) is 0 Å². The molecule has 1 aromatic carbocycles. The Bertz CT molecular complexity index is 410. The molecule has 0 bridgehead atoms. The lowest BCUT2D eigenvalue weighted by Crippen LogP contribution is -2.48. The molecular formula is C18H28N2O. The first-order chi connectivity index (χ1) is 10.3. The Labute approximate surface area is 128 Å².